The zero-order valence-electron chi connectivity index (χ0n) is 8.99. The molecule has 0 aromatic carbocycles. The van der Waals surface area contributed by atoms with Gasteiger partial charge in [0, 0.05) is 0 Å². The summed E-state index contributed by atoms with van der Waals surface area (Å²) in [4.78, 5) is 22.3. The number of carbonyl (C=O) groups is 2. The highest BCUT2D eigenvalue weighted by molar-refractivity contribution is 5.94. The van der Waals surface area contributed by atoms with Gasteiger partial charge in [-0.15, -0.1) is 0 Å². The van der Waals surface area contributed by atoms with Gasteiger partial charge < -0.3 is 9.47 Å². The van der Waals surface area contributed by atoms with Crippen LogP contribution in [0.15, 0.2) is 11.6 Å². The molecule has 0 fully saturated rings. The summed E-state index contributed by atoms with van der Waals surface area (Å²) in [6, 6.07) is 0. The Labute approximate surface area is 83.9 Å². The van der Waals surface area contributed by atoms with Gasteiger partial charge in [-0.2, -0.15) is 0 Å². The minimum Gasteiger partial charge on any atom is -0.468 e. The van der Waals surface area contributed by atoms with Crippen LogP contribution >= 0.6 is 0 Å². The highest BCUT2D eigenvalue weighted by Crippen LogP contribution is 2.10. The van der Waals surface area contributed by atoms with Crippen LogP contribution in [0.1, 0.15) is 20.3 Å². The zero-order valence-corrected chi connectivity index (χ0v) is 8.99. The van der Waals surface area contributed by atoms with Gasteiger partial charge in [0.05, 0.1) is 14.2 Å². The van der Waals surface area contributed by atoms with Crippen molar-refractivity contribution in [2.24, 2.45) is 5.92 Å². The Morgan fingerprint density at radius 2 is 1.57 bits per heavy atom. The largest absolute Gasteiger partial charge is 0.468 e. The molecular formula is C10H16O4. The summed E-state index contributed by atoms with van der Waals surface area (Å²) in [6.07, 6.45) is 2.13. The molecule has 0 N–H and O–H groups in total. The first-order valence-corrected chi connectivity index (χ1v) is 4.32. The van der Waals surface area contributed by atoms with Crippen LogP contribution in [-0.2, 0) is 19.1 Å². The van der Waals surface area contributed by atoms with E-state index < -0.39 is 17.9 Å². The summed E-state index contributed by atoms with van der Waals surface area (Å²) >= 11 is 0. The average molecular weight is 200 g/mol. The molecule has 0 aliphatic rings. The maximum absolute atomic E-state index is 11.2. The Balaban J connectivity index is 4.48. The molecule has 0 bridgehead atoms. The van der Waals surface area contributed by atoms with Crippen LogP contribution in [0.5, 0.6) is 0 Å². The van der Waals surface area contributed by atoms with Crippen LogP contribution in [0, 0.1) is 5.92 Å². The van der Waals surface area contributed by atoms with Gasteiger partial charge in [-0.05, 0) is 20.3 Å². The van der Waals surface area contributed by atoms with E-state index >= 15 is 0 Å². The van der Waals surface area contributed by atoms with Crippen molar-refractivity contribution in [2.75, 3.05) is 14.2 Å². The molecule has 80 valence electrons. The predicted molar refractivity (Wildman–Crippen MR) is 51.6 cm³/mol. The van der Waals surface area contributed by atoms with Crippen LogP contribution in [0.2, 0.25) is 0 Å². The lowest BCUT2D eigenvalue weighted by Crippen LogP contribution is -2.25. The molecular weight excluding hydrogens is 184 g/mol. The summed E-state index contributed by atoms with van der Waals surface area (Å²) < 4.78 is 9.00. The zero-order chi connectivity index (χ0) is 11.1. The first-order chi connectivity index (χ1) is 6.52. The van der Waals surface area contributed by atoms with Crippen molar-refractivity contribution in [1.29, 1.82) is 0 Å². The number of hydrogen-bond donors (Lipinski definition) is 0. The molecule has 0 aliphatic heterocycles. The molecule has 4 nitrogen and oxygen atoms in total. The number of allylic oxidation sites excluding steroid dienone is 2. The molecule has 0 saturated heterocycles. The molecule has 14 heavy (non-hydrogen) atoms. The van der Waals surface area contributed by atoms with E-state index in [1.165, 1.54) is 14.2 Å². The Hall–Kier alpha value is -1.32. The second kappa shape index (κ2) is 6.18. The lowest BCUT2D eigenvalue weighted by molar-refractivity contribution is -0.158. The van der Waals surface area contributed by atoms with Crippen molar-refractivity contribution >= 4 is 11.9 Å². The first-order valence-electron chi connectivity index (χ1n) is 4.32. The summed E-state index contributed by atoms with van der Waals surface area (Å²) in [5, 5.41) is 0. The fraction of sp³-hybridized carbons (Fsp3) is 0.600. The third-order valence-electron chi connectivity index (χ3n) is 1.73. The summed E-state index contributed by atoms with van der Waals surface area (Å²) in [5.41, 5.74) is 1.04. The highest BCUT2D eigenvalue weighted by atomic mass is 16.5. The van der Waals surface area contributed by atoms with E-state index in [0.29, 0.717) is 6.42 Å². The molecule has 0 radical (unpaired) electrons. The number of carbonyl (C=O) groups excluding carboxylic acids is 2. The van der Waals surface area contributed by atoms with E-state index in [1.807, 2.05) is 13.8 Å². The van der Waals surface area contributed by atoms with E-state index in [1.54, 1.807) is 6.08 Å². The second-order valence-electron chi connectivity index (χ2n) is 3.12. The number of esters is 2. The molecule has 0 unspecified atom stereocenters. The Bertz CT molecular complexity index is 223. The predicted octanol–water partition coefficient (Wildman–Crippen LogP) is 1.30. The highest BCUT2D eigenvalue weighted by Gasteiger charge is 2.27. The summed E-state index contributed by atoms with van der Waals surface area (Å²) in [6.45, 7) is 3.79. The summed E-state index contributed by atoms with van der Waals surface area (Å²) in [5.74, 6) is -1.97. The van der Waals surface area contributed by atoms with Gasteiger partial charge in [-0.3, -0.25) is 9.59 Å². The normalized spacial score (nSPS) is 9.50. The first kappa shape index (κ1) is 12.7. The van der Waals surface area contributed by atoms with Crippen molar-refractivity contribution in [1.82, 2.24) is 0 Å². The van der Waals surface area contributed by atoms with Gasteiger partial charge >= 0.3 is 11.9 Å². The van der Waals surface area contributed by atoms with Gasteiger partial charge in [0.25, 0.3) is 0 Å². The van der Waals surface area contributed by atoms with Crippen molar-refractivity contribution < 1.29 is 19.1 Å². The third-order valence-corrected chi connectivity index (χ3v) is 1.73. The van der Waals surface area contributed by atoms with E-state index in [4.69, 9.17) is 0 Å². The molecule has 0 aromatic rings. The minimum absolute atomic E-state index is 0.321. The smallest absolute Gasteiger partial charge is 0.320 e. The van der Waals surface area contributed by atoms with Crippen molar-refractivity contribution in [2.45, 2.75) is 20.3 Å². The average Bonchev–Trinajstić information content (AvgIpc) is 2.16. The fourth-order valence-corrected chi connectivity index (χ4v) is 0.927. The lowest BCUT2D eigenvalue weighted by atomic mass is 10.0. The van der Waals surface area contributed by atoms with Crippen LogP contribution in [0.4, 0.5) is 0 Å². The van der Waals surface area contributed by atoms with E-state index in [-0.39, 0.29) is 0 Å². The lowest BCUT2D eigenvalue weighted by Gasteiger charge is -2.09. The number of hydrogen-bond acceptors (Lipinski definition) is 4. The van der Waals surface area contributed by atoms with Crippen molar-refractivity contribution in [3.8, 4) is 0 Å². The standard InChI is InChI=1S/C10H16O4/c1-7(2)5-6-8(9(11)13-3)10(12)14-4/h5,8H,6H2,1-4H3. The molecule has 0 spiro atoms. The molecule has 0 atom stereocenters. The summed E-state index contributed by atoms with van der Waals surface area (Å²) in [7, 11) is 2.50. The van der Waals surface area contributed by atoms with Gasteiger partial charge in [-0.25, -0.2) is 0 Å². The van der Waals surface area contributed by atoms with E-state index in [0.717, 1.165) is 5.57 Å². The third kappa shape index (κ3) is 4.07. The molecule has 0 saturated carbocycles. The van der Waals surface area contributed by atoms with E-state index in [2.05, 4.69) is 9.47 Å². The molecule has 0 aliphatic carbocycles. The van der Waals surface area contributed by atoms with Crippen molar-refractivity contribution in [3.05, 3.63) is 11.6 Å². The topological polar surface area (TPSA) is 52.6 Å². The van der Waals surface area contributed by atoms with Crippen LogP contribution in [0.25, 0.3) is 0 Å². The van der Waals surface area contributed by atoms with Gasteiger partial charge in [-0.1, -0.05) is 11.6 Å². The van der Waals surface area contributed by atoms with E-state index in [9.17, 15) is 9.59 Å². The Morgan fingerprint density at radius 3 is 1.86 bits per heavy atom. The van der Waals surface area contributed by atoms with Crippen LogP contribution in [0.3, 0.4) is 0 Å². The number of ether oxygens (including phenoxy) is 2. The number of methoxy groups -OCH3 is 2. The van der Waals surface area contributed by atoms with Crippen LogP contribution < -0.4 is 0 Å². The monoisotopic (exact) mass is 200 g/mol. The minimum atomic E-state index is -0.847. The van der Waals surface area contributed by atoms with Gasteiger partial charge in [0.2, 0.25) is 0 Å². The van der Waals surface area contributed by atoms with Crippen molar-refractivity contribution in [3.63, 3.8) is 0 Å². The fourth-order valence-electron chi connectivity index (χ4n) is 0.927. The Morgan fingerprint density at radius 1 is 1.14 bits per heavy atom. The molecule has 0 aromatic heterocycles. The van der Waals surface area contributed by atoms with Crippen LogP contribution in [-0.4, -0.2) is 26.2 Å². The maximum atomic E-state index is 11.2. The quantitative estimate of drug-likeness (QED) is 0.390. The number of rotatable bonds is 4. The molecule has 0 heterocycles. The van der Waals surface area contributed by atoms with Gasteiger partial charge in [0.15, 0.2) is 5.92 Å². The molecule has 0 rings (SSSR count). The van der Waals surface area contributed by atoms with Gasteiger partial charge in [0.1, 0.15) is 0 Å². The molecule has 4 heteroatoms. The Kier molecular flexibility index (Phi) is 5.60. The molecule has 0 amide bonds. The maximum Gasteiger partial charge on any atom is 0.320 e. The second-order valence-corrected chi connectivity index (χ2v) is 3.12. The SMILES string of the molecule is COC(=O)C(CC=C(C)C)C(=O)OC.